The minimum atomic E-state index is 0. The first-order chi connectivity index (χ1) is 21.1. The lowest BCUT2D eigenvalue weighted by atomic mass is 10.1. The molecule has 1 aromatic rings. The van der Waals surface area contributed by atoms with Crippen molar-refractivity contribution in [3.63, 3.8) is 0 Å². The van der Waals surface area contributed by atoms with E-state index in [0.29, 0.717) is 0 Å². The summed E-state index contributed by atoms with van der Waals surface area (Å²) in [5.41, 5.74) is 4.40. The minimum absolute atomic E-state index is 0. The van der Waals surface area contributed by atoms with Gasteiger partial charge in [-0.25, -0.2) is 0 Å². The summed E-state index contributed by atoms with van der Waals surface area (Å²) in [6, 6.07) is 4.64. The van der Waals surface area contributed by atoms with Crippen LogP contribution in [0.15, 0.2) is 24.3 Å². The van der Waals surface area contributed by atoms with E-state index >= 15 is 0 Å². The molecule has 1 atom stereocenters. The first-order valence-electron chi connectivity index (χ1n) is 18.8. The first kappa shape index (κ1) is 43.6. The van der Waals surface area contributed by atoms with Gasteiger partial charge >= 0.3 is 0 Å². The molecule has 1 rings (SSSR count). The third-order valence-electron chi connectivity index (χ3n) is 9.00. The number of halogens is 1. The van der Waals surface area contributed by atoms with E-state index in [0.717, 1.165) is 28.2 Å². The molecule has 44 heavy (non-hydrogen) atoms. The highest BCUT2D eigenvalue weighted by Crippen LogP contribution is 2.20. The molecule has 0 bridgehead atoms. The molecule has 0 amide bonds. The molecule has 0 saturated heterocycles. The average molecular weight is 653 g/mol. The Morgan fingerprint density at radius 3 is 1.59 bits per heavy atom. The summed E-state index contributed by atoms with van der Waals surface area (Å²) in [7, 11) is 0.945. The van der Waals surface area contributed by atoms with E-state index in [1.54, 1.807) is 5.30 Å². The summed E-state index contributed by atoms with van der Waals surface area (Å²) >= 11 is 0. The van der Waals surface area contributed by atoms with E-state index in [4.69, 9.17) is 9.47 Å². The maximum atomic E-state index is 6.26. The van der Waals surface area contributed by atoms with Crippen LogP contribution < -0.4 is 5.30 Å². The molecule has 0 saturated carbocycles. The zero-order chi connectivity index (χ0) is 31.2. The van der Waals surface area contributed by atoms with Crippen LogP contribution in [0.25, 0.3) is 0 Å². The Labute approximate surface area is 283 Å². The molecule has 0 aromatic heterocycles. The van der Waals surface area contributed by atoms with Gasteiger partial charge in [-0.2, -0.15) is 0 Å². The van der Waals surface area contributed by atoms with Crippen LogP contribution in [0.3, 0.4) is 0 Å². The van der Waals surface area contributed by atoms with Gasteiger partial charge in [-0.1, -0.05) is 143 Å². The monoisotopic (exact) mass is 653 g/mol. The molecule has 0 aliphatic carbocycles. The first-order valence-corrected chi connectivity index (χ1v) is 20.0. The van der Waals surface area contributed by atoms with Gasteiger partial charge in [-0.05, 0) is 100 Å². The van der Waals surface area contributed by atoms with Crippen LogP contribution in [0.5, 0.6) is 0 Å². The summed E-state index contributed by atoms with van der Waals surface area (Å²) in [5, 5.41) is 1.56. The lowest BCUT2D eigenvalue weighted by molar-refractivity contribution is -0.148. The lowest BCUT2D eigenvalue weighted by Gasteiger charge is -2.19. The molecule has 4 heteroatoms. The fourth-order valence-electron chi connectivity index (χ4n) is 5.69. The Morgan fingerprint density at radius 1 is 0.568 bits per heavy atom. The van der Waals surface area contributed by atoms with E-state index in [2.05, 4.69) is 58.9 Å². The van der Waals surface area contributed by atoms with Gasteiger partial charge in [-0.3, -0.25) is 0 Å². The van der Waals surface area contributed by atoms with Crippen molar-refractivity contribution in [2.45, 2.75) is 189 Å². The van der Waals surface area contributed by atoms with Crippen LogP contribution in [0, 0.1) is 20.8 Å². The summed E-state index contributed by atoms with van der Waals surface area (Å²) in [4.78, 5) is 0. The van der Waals surface area contributed by atoms with Crippen molar-refractivity contribution in [3.05, 3.63) is 41.0 Å². The van der Waals surface area contributed by atoms with Gasteiger partial charge in [-0.15, -0.1) is 12.4 Å². The normalized spacial score (nSPS) is 11.9. The second-order valence-corrected chi connectivity index (χ2v) is 14.4. The number of allylic oxidation sites excluding steroid dienone is 2. The van der Waals surface area contributed by atoms with E-state index < -0.39 is 0 Å². The molecule has 0 spiro atoms. The van der Waals surface area contributed by atoms with Gasteiger partial charge in [0.05, 0.1) is 0 Å². The van der Waals surface area contributed by atoms with E-state index in [1.165, 1.54) is 164 Å². The standard InChI is InChI=1S/C40H73O2P.ClH/c1-6-8-10-12-14-19-23-27-33-41-40(42-34-28-24-20-15-13-11-9-7-2)30-26-22-18-16-17-21-25-29-35-43-39-32-31-36(3)37(4)38(39)5;/h17,21,31-32,40,43H,6-16,18-20,22-30,33-35H2,1-5H3;1H. The fourth-order valence-corrected chi connectivity index (χ4v) is 7.00. The maximum absolute atomic E-state index is 6.26. The Bertz CT molecular complexity index is 759. The molecule has 0 aliphatic rings. The molecular formula is C40H74ClO2P. The van der Waals surface area contributed by atoms with Gasteiger partial charge in [0, 0.05) is 13.2 Å². The van der Waals surface area contributed by atoms with Gasteiger partial charge in [0.25, 0.3) is 0 Å². The lowest BCUT2D eigenvalue weighted by Crippen LogP contribution is -2.19. The predicted molar refractivity (Wildman–Crippen MR) is 203 cm³/mol. The average Bonchev–Trinajstić information content (AvgIpc) is 3.01. The molecule has 0 heterocycles. The quantitative estimate of drug-likeness (QED) is 0.0344. The molecule has 1 unspecified atom stereocenters. The molecular weight excluding hydrogens is 579 g/mol. The summed E-state index contributed by atoms with van der Waals surface area (Å²) in [5.74, 6) is 0. The van der Waals surface area contributed by atoms with Crippen molar-refractivity contribution in [2.24, 2.45) is 0 Å². The van der Waals surface area contributed by atoms with E-state index in [1.807, 2.05) is 0 Å². The Balaban J connectivity index is 0.0000185. The highest BCUT2D eigenvalue weighted by atomic mass is 35.5. The molecule has 0 aliphatic heterocycles. The maximum Gasteiger partial charge on any atom is 0.157 e. The van der Waals surface area contributed by atoms with Gasteiger partial charge in [0.2, 0.25) is 0 Å². The smallest absolute Gasteiger partial charge is 0.157 e. The second kappa shape index (κ2) is 32.5. The van der Waals surface area contributed by atoms with Crippen molar-refractivity contribution in [1.29, 1.82) is 0 Å². The summed E-state index contributed by atoms with van der Waals surface area (Å²) < 4.78 is 12.5. The van der Waals surface area contributed by atoms with E-state index in [9.17, 15) is 0 Å². The van der Waals surface area contributed by atoms with Crippen molar-refractivity contribution in [1.82, 2.24) is 0 Å². The van der Waals surface area contributed by atoms with Crippen molar-refractivity contribution in [2.75, 3.05) is 19.4 Å². The largest absolute Gasteiger partial charge is 0.353 e. The van der Waals surface area contributed by atoms with Crippen molar-refractivity contribution < 1.29 is 9.47 Å². The summed E-state index contributed by atoms with van der Waals surface area (Å²) in [6.45, 7) is 13.1. The number of aryl methyl sites for hydroxylation is 1. The number of unbranched alkanes of at least 4 members (excludes halogenated alkanes) is 18. The van der Waals surface area contributed by atoms with Crippen LogP contribution in [0.2, 0.25) is 0 Å². The predicted octanol–water partition coefficient (Wildman–Crippen LogP) is 13.3. The van der Waals surface area contributed by atoms with Gasteiger partial charge in [0.1, 0.15) is 0 Å². The third-order valence-corrected chi connectivity index (χ3v) is 10.5. The number of benzene rings is 1. The van der Waals surface area contributed by atoms with Crippen LogP contribution in [-0.4, -0.2) is 25.7 Å². The van der Waals surface area contributed by atoms with E-state index in [-0.39, 0.29) is 18.7 Å². The zero-order valence-corrected chi connectivity index (χ0v) is 31.8. The van der Waals surface area contributed by atoms with Crippen molar-refractivity contribution >= 4 is 26.3 Å². The summed E-state index contributed by atoms with van der Waals surface area (Å²) in [6.07, 6.45) is 36.2. The Hall–Kier alpha value is -0.400. The van der Waals surface area contributed by atoms with Crippen LogP contribution in [-0.2, 0) is 9.47 Å². The second-order valence-electron chi connectivity index (χ2n) is 13.0. The molecule has 1 aromatic carbocycles. The highest BCUT2D eigenvalue weighted by molar-refractivity contribution is 7.47. The van der Waals surface area contributed by atoms with Gasteiger partial charge in [0.15, 0.2) is 6.29 Å². The zero-order valence-electron chi connectivity index (χ0n) is 30.0. The molecule has 258 valence electrons. The fraction of sp³-hybridized carbons (Fsp3) is 0.800. The minimum Gasteiger partial charge on any atom is -0.353 e. The third kappa shape index (κ3) is 24.8. The van der Waals surface area contributed by atoms with Crippen LogP contribution >= 0.6 is 21.0 Å². The number of ether oxygens (including phenoxy) is 2. The molecule has 0 radical (unpaired) electrons. The molecule has 2 nitrogen and oxygen atoms in total. The molecule has 0 fully saturated rings. The SMILES string of the molecule is CCCCCCCCCCOC(CCCCCC=CCCCPc1ccc(C)c(C)c1C)OCCCCCCCCCC.Cl. The number of hydrogen-bond donors (Lipinski definition) is 0. The Kier molecular flexibility index (Phi) is 32.2. The van der Waals surface area contributed by atoms with Gasteiger partial charge < -0.3 is 9.47 Å². The Morgan fingerprint density at radius 2 is 1.05 bits per heavy atom. The molecule has 0 N–H and O–H groups in total. The topological polar surface area (TPSA) is 18.5 Å². The van der Waals surface area contributed by atoms with Crippen LogP contribution in [0.1, 0.15) is 178 Å². The van der Waals surface area contributed by atoms with Crippen molar-refractivity contribution in [3.8, 4) is 0 Å². The number of rotatable bonds is 31. The number of hydrogen-bond acceptors (Lipinski definition) is 2. The highest BCUT2D eigenvalue weighted by Gasteiger charge is 2.09. The van der Waals surface area contributed by atoms with Crippen LogP contribution in [0.4, 0.5) is 0 Å².